The summed E-state index contributed by atoms with van der Waals surface area (Å²) in [6.45, 7) is 1.87. The van der Waals surface area contributed by atoms with Gasteiger partial charge in [-0.25, -0.2) is 0 Å². The van der Waals surface area contributed by atoms with Gasteiger partial charge >= 0.3 is 0 Å². The predicted octanol–water partition coefficient (Wildman–Crippen LogP) is 2.97. The molecule has 21 heavy (non-hydrogen) atoms. The lowest BCUT2D eigenvalue weighted by molar-refractivity contribution is -0.118. The summed E-state index contributed by atoms with van der Waals surface area (Å²) in [7, 11) is 1.77. The Hall–Kier alpha value is -1.65. The first-order valence-electron chi connectivity index (χ1n) is 6.99. The molecule has 1 unspecified atom stereocenters. The molecule has 0 amide bonds. The molecule has 0 bridgehead atoms. The van der Waals surface area contributed by atoms with Crippen LogP contribution in [0.25, 0.3) is 0 Å². The number of aryl methyl sites for hydroxylation is 2. The molecule has 1 aromatic carbocycles. The predicted molar refractivity (Wildman–Crippen MR) is 84.3 cm³/mol. The number of aromatic nitrogens is 2. The quantitative estimate of drug-likeness (QED) is 0.892. The second kappa shape index (κ2) is 6.87. The number of hydrogen-bond donors (Lipinski definition) is 1. The van der Waals surface area contributed by atoms with Gasteiger partial charge in [0.2, 0.25) is 0 Å². The second-order valence-electron chi connectivity index (χ2n) is 5.25. The van der Waals surface area contributed by atoms with Crippen molar-refractivity contribution >= 4 is 17.4 Å². The standard InChI is InChI=1S/C16H20ClN3O/c1-11-14(16(17)20(2)19-11)10-13(21)8-9-15(18)12-6-4-3-5-7-12/h3-7,15H,8-10,18H2,1-2H3. The molecule has 2 N–H and O–H groups in total. The number of halogens is 1. The number of benzene rings is 1. The highest BCUT2D eigenvalue weighted by atomic mass is 35.5. The van der Waals surface area contributed by atoms with Crippen LogP contribution in [0, 0.1) is 6.92 Å². The van der Waals surface area contributed by atoms with E-state index in [9.17, 15) is 4.79 Å². The molecule has 0 aliphatic rings. The summed E-state index contributed by atoms with van der Waals surface area (Å²) >= 11 is 6.14. The monoisotopic (exact) mass is 305 g/mol. The molecular formula is C16H20ClN3O. The average molecular weight is 306 g/mol. The molecule has 0 saturated heterocycles. The van der Waals surface area contributed by atoms with E-state index in [1.807, 2.05) is 37.3 Å². The summed E-state index contributed by atoms with van der Waals surface area (Å²) < 4.78 is 1.59. The molecule has 1 aromatic heterocycles. The molecule has 0 fully saturated rings. The molecule has 5 heteroatoms. The van der Waals surface area contributed by atoms with Crippen molar-refractivity contribution in [2.45, 2.75) is 32.2 Å². The fourth-order valence-corrected chi connectivity index (χ4v) is 2.59. The van der Waals surface area contributed by atoms with Crippen LogP contribution in [0.5, 0.6) is 0 Å². The maximum Gasteiger partial charge on any atom is 0.137 e. The maximum atomic E-state index is 12.1. The molecule has 2 rings (SSSR count). The van der Waals surface area contributed by atoms with Crippen molar-refractivity contribution in [1.82, 2.24) is 9.78 Å². The normalized spacial score (nSPS) is 12.4. The molecule has 2 aromatic rings. The Kier molecular flexibility index (Phi) is 5.15. The van der Waals surface area contributed by atoms with Gasteiger partial charge in [0.05, 0.1) is 5.69 Å². The van der Waals surface area contributed by atoms with Gasteiger partial charge in [-0.1, -0.05) is 41.9 Å². The zero-order valence-corrected chi connectivity index (χ0v) is 13.1. The third-order valence-corrected chi connectivity index (χ3v) is 4.08. The minimum atomic E-state index is -0.111. The van der Waals surface area contributed by atoms with Gasteiger partial charge in [0, 0.05) is 31.5 Å². The van der Waals surface area contributed by atoms with Gasteiger partial charge in [-0.15, -0.1) is 0 Å². The smallest absolute Gasteiger partial charge is 0.137 e. The molecule has 0 radical (unpaired) electrons. The highest BCUT2D eigenvalue weighted by Crippen LogP contribution is 2.21. The first-order chi connectivity index (χ1) is 9.99. The summed E-state index contributed by atoms with van der Waals surface area (Å²) in [6, 6.07) is 9.72. The van der Waals surface area contributed by atoms with Crippen LogP contribution in [-0.4, -0.2) is 15.6 Å². The van der Waals surface area contributed by atoms with Crippen LogP contribution in [0.3, 0.4) is 0 Å². The van der Waals surface area contributed by atoms with Crippen molar-refractivity contribution in [2.24, 2.45) is 12.8 Å². The lowest BCUT2D eigenvalue weighted by Gasteiger charge is -2.11. The van der Waals surface area contributed by atoms with Gasteiger partial charge in [0.1, 0.15) is 10.9 Å². The fraction of sp³-hybridized carbons (Fsp3) is 0.375. The van der Waals surface area contributed by atoms with E-state index in [0.29, 0.717) is 24.4 Å². The molecule has 112 valence electrons. The number of nitrogens with zero attached hydrogens (tertiary/aromatic N) is 2. The van der Waals surface area contributed by atoms with Crippen LogP contribution < -0.4 is 5.73 Å². The Morgan fingerprint density at radius 1 is 1.38 bits per heavy atom. The van der Waals surface area contributed by atoms with Crippen molar-refractivity contribution in [1.29, 1.82) is 0 Å². The van der Waals surface area contributed by atoms with Crippen LogP contribution in [0.4, 0.5) is 0 Å². The van der Waals surface area contributed by atoms with Gasteiger partial charge in [-0.2, -0.15) is 5.10 Å². The SMILES string of the molecule is Cc1nn(C)c(Cl)c1CC(=O)CCC(N)c1ccccc1. The van der Waals surface area contributed by atoms with E-state index in [4.69, 9.17) is 17.3 Å². The number of ketones is 1. The second-order valence-corrected chi connectivity index (χ2v) is 5.61. The van der Waals surface area contributed by atoms with Crippen molar-refractivity contribution < 1.29 is 4.79 Å². The zero-order valence-electron chi connectivity index (χ0n) is 12.3. The van der Waals surface area contributed by atoms with Crippen molar-refractivity contribution in [2.75, 3.05) is 0 Å². The first-order valence-corrected chi connectivity index (χ1v) is 7.37. The minimum absolute atomic E-state index is 0.111. The molecule has 4 nitrogen and oxygen atoms in total. The largest absolute Gasteiger partial charge is 0.324 e. The number of rotatable bonds is 6. The molecule has 0 aliphatic carbocycles. The van der Waals surface area contributed by atoms with E-state index < -0.39 is 0 Å². The molecule has 1 heterocycles. The van der Waals surface area contributed by atoms with Gasteiger partial charge in [0.25, 0.3) is 0 Å². The van der Waals surface area contributed by atoms with Gasteiger partial charge in [-0.05, 0) is 18.9 Å². The summed E-state index contributed by atoms with van der Waals surface area (Å²) in [6.07, 6.45) is 1.40. The third kappa shape index (κ3) is 3.93. The Balaban J connectivity index is 1.91. The highest BCUT2D eigenvalue weighted by Gasteiger charge is 2.16. The molecule has 1 atom stereocenters. The molecule has 0 saturated carbocycles. The summed E-state index contributed by atoms with van der Waals surface area (Å²) in [5.74, 6) is 0.138. The Bertz CT molecular complexity index is 622. The summed E-state index contributed by atoms with van der Waals surface area (Å²) in [4.78, 5) is 12.1. The van der Waals surface area contributed by atoms with Crippen LogP contribution >= 0.6 is 11.6 Å². The maximum absolute atomic E-state index is 12.1. The van der Waals surface area contributed by atoms with E-state index in [2.05, 4.69) is 5.10 Å². The summed E-state index contributed by atoms with van der Waals surface area (Å²) in [5, 5.41) is 4.75. The topological polar surface area (TPSA) is 60.9 Å². The van der Waals surface area contributed by atoms with Crippen LogP contribution in [0.1, 0.15) is 35.7 Å². The van der Waals surface area contributed by atoms with Crippen molar-refractivity contribution in [3.05, 3.63) is 52.3 Å². The third-order valence-electron chi connectivity index (χ3n) is 3.61. The molecule has 0 aliphatic heterocycles. The van der Waals surface area contributed by atoms with E-state index in [-0.39, 0.29) is 11.8 Å². The van der Waals surface area contributed by atoms with E-state index in [0.717, 1.165) is 16.8 Å². The number of carbonyl (C=O) groups excluding carboxylic acids is 1. The number of hydrogen-bond acceptors (Lipinski definition) is 3. The van der Waals surface area contributed by atoms with Gasteiger partial charge < -0.3 is 5.73 Å². The lowest BCUT2D eigenvalue weighted by Crippen LogP contribution is -2.13. The van der Waals surface area contributed by atoms with Crippen molar-refractivity contribution in [3.63, 3.8) is 0 Å². The minimum Gasteiger partial charge on any atom is -0.324 e. The van der Waals surface area contributed by atoms with E-state index >= 15 is 0 Å². The summed E-state index contributed by atoms with van der Waals surface area (Å²) in [5.41, 5.74) is 8.79. The van der Waals surface area contributed by atoms with Gasteiger partial charge in [0.15, 0.2) is 0 Å². The molecule has 0 spiro atoms. The number of nitrogens with two attached hydrogens (primary N) is 1. The van der Waals surface area contributed by atoms with Crippen LogP contribution in [0.15, 0.2) is 30.3 Å². The highest BCUT2D eigenvalue weighted by molar-refractivity contribution is 6.30. The van der Waals surface area contributed by atoms with Crippen LogP contribution in [0.2, 0.25) is 5.15 Å². The van der Waals surface area contributed by atoms with Crippen LogP contribution in [-0.2, 0) is 18.3 Å². The zero-order chi connectivity index (χ0) is 15.4. The Morgan fingerprint density at radius 3 is 2.62 bits per heavy atom. The van der Waals surface area contributed by atoms with E-state index in [1.165, 1.54) is 0 Å². The molecular weight excluding hydrogens is 286 g/mol. The number of carbonyl (C=O) groups is 1. The van der Waals surface area contributed by atoms with Gasteiger partial charge in [-0.3, -0.25) is 9.48 Å². The Morgan fingerprint density at radius 2 is 2.05 bits per heavy atom. The lowest BCUT2D eigenvalue weighted by atomic mass is 9.99. The average Bonchev–Trinajstić information content (AvgIpc) is 2.72. The van der Waals surface area contributed by atoms with E-state index in [1.54, 1.807) is 11.7 Å². The number of Topliss-reactive ketones (excluding diaryl/α,β-unsaturated/α-hetero) is 1. The Labute approximate surface area is 129 Å². The fourth-order valence-electron chi connectivity index (χ4n) is 2.34. The first kappa shape index (κ1) is 15.7. The van der Waals surface area contributed by atoms with Crippen molar-refractivity contribution in [3.8, 4) is 0 Å².